The molecule has 0 heterocycles. The lowest BCUT2D eigenvalue weighted by molar-refractivity contribution is -0.155. The van der Waals surface area contributed by atoms with Crippen molar-refractivity contribution in [3.63, 3.8) is 0 Å². The molecule has 0 radical (unpaired) electrons. The molecule has 0 aliphatic heterocycles. The van der Waals surface area contributed by atoms with Crippen molar-refractivity contribution in [2.24, 2.45) is 11.3 Å². The molecule has 4 nitrogen and oxygen atoms in total. The normalized spacial score (nSPS) is 12.6. The molecule has 0 aliphatic rings. The van der Waals surface area contributed by atoms with Gasteiger partial charge in [0.25, 0.3) is 0 Å². The number of carbonyl (C=O) groups is 2. The molecule has 0 rings (SSSR count). The first kappa shape index (κ1) is 34.9. The van der Waals surface area contributed by atoms with Gasteiger partial charge in [0.15, 0.2) is 0 Å². The Morgan fingerprint density at radius 1 is 0.556 bits per heavy atom. The van der Waals surface area contributed by atoms with Crippen LogP contribution in [0.4, 0.5) is 0 Å². The van der Waals surface area contributed by atoms with Gasteiger partial charge in [-0.25, -0.2) is 0 Å². The lowest BCUT2D eigenvalue weighted by Crippen LogP contribution is -2.39. The van der Waals surface area contributed by atoms with Crippen LogP contribution in [-0.4, -0.2) is 22.2 Å². The van der Waals surface area contributed by atoms with Crippen LogP contribution < -0.4 is 0 Å². The second-order valence-electron chi connectivity index (χ2n) is 11.4. The van der Waals surface area contributed by atoms with Crippen LogP contribution >= 0.6 is 0 Å². The summed E-state index contributed by atoms with van der Waals surface area (Å²) >= 11 is 0. The zero-order valence-electron chi connectivity index (χ0n) is 24.5. The summed E-state index contributed by atoms with van der Waals surface area (Å²) in [5.41, 5.74) is -0.520. The van der Waals surface area contributed by atoms with Crippen molar-refractivity contribution in [2.75, 3.05) is 0 Å². The van der Waals surface area contributed by atoms with Crippen LogP contribution in [0.15, 0.2) is 0 Å². The third-order valence-electron chi connectivity index (χ3n) is 8.35. The molecule has 0 aromatic heterocycles. The van der Waals surface area contributed by atoms with Crippen LogP contribution in [0.25, 0.3) is 0 Å². The van der Waals surface area contributed by atoms with Crippen LogP contribution in [0.1, 0.15) is 181 Å². The third-order valence-corrected chi connectivity index (χ3v) is 8.35. The van der Waals surface area contributed by atoms with E-state index in [1.165, 1.54) is 89.9 Å². The first-order valence-electron chi connectivity index (χ1n) is 15.9. The molecule has 0 amide bonds. The average molecular weight is 511 g/mol. The topological polar surface area (TPSA) is 74.6 Å². The molecule has 0 aromatic carbocycles. The number of rotatable bonds is 28. The maximum absolute atomic E-state index is 12.8. The van der Waals surface area contributed by atoms with Crippen LogP contribution in [-0.2, 0) is 9.59 Å². The van der Waals surface area contributed by atoms with E-state index in [0.717, 1.165) is 64.2 Å². The molecular weight excluding hydrogens is 448 g/mol. The minimum atomic E-state index is -0.681. The van der Waals surface area contributed by atoms with Gasteiger partial charge < -0.3 is 10.2 Å². The SMILES string of the molecule is CCCCCCCC(CCCCCCC)(C(=O)O)C(CC)CCCCCCCCCCCCC(=O)O. The van der Waals surface area contributed by atoms with Gasteiger partial charge in [-0.05, 0) is 31.6 Å². The highest BCUT2D eigenvalue weighted by atomic mass is 16.4. The fraction of sp³-hybridized carbons (Fsp3) is 0.938. The number of hydrogen-bond donors (Lipinski definition) is 2. The summed E-state index contributed by atoms with van der Waals surface area (Å²) in [5.74, 6) is -0.901. The number of unbranched alkanes of at least 4 members (excludes halogenated alkanes) is 17. The van der Waals surface area contributed by atoms with Crippen LogP contribution in [0.5, 0.6) is 0 Å². The second-order valence-corrected chi connectivity index (χ2v) is 11.4. The minimum absolute atomic E-state index is 0.304. The lowest BCUT2D eigenvalue weighted by Gasteiger charge is -2.38. The highest BCUT2D eigenvalue weighted by molar-refractivity contribution is 5.75. The maximum Gasteiger partial charge on any atom is 0.309 e. The Bertz CT molecular complexity index is 502. The number of carboxylic acid groups (broad SMARTS) is 2. The Hall–Kier alpha value is -1.06. The maximum atomic E-state index is 12.8. The zero-order valence-corrected chi connectivity index (χ0v) is 24.5. The fourth-order valence-electron chi connectivity index (χ4n) is 5.96. The van der Waals surface area contributed by atoms with Crippen molar-refractivity contribution in [3.8, 4) is 0 Å². The van der Waals surface area contributed by atoms with Crippen molar-refractivity contribution in [1.82, 2.24) is 0 Å². The number of hydrogen-bond acceptors (Lipinski definition) is 2. The fourth-order valence-corrected chi connectivity index (χ4v) is 5.96. The van der Waals surface area contributed by atoms with Gasteiger partial charge in [-0.2, -0.15) is 0 Å². The van der Waals surface area contributed by atoms with Gasteiger partial charge in [0, 0.05) is 6.42 Å². The zero-order chi connectivity index (χ0) is 26.9. The molecule has 1 unspecified atom stereocenters. The van der Waals surface area contributed by atoms with E-state index in [2.05, 4.69) is 20.8 Å². The van der Waals surface area contributed by atoms with E-state index in [1.54, 1.807) is 0 Å². The second kappa shape index (κ2) is 24.3. The molecule has 214 valence electrons. The van der Waals surface area contributed by atoms with E-state index < -0.39 is 17.4 Å². The van der Waals surface area contributed by atoms with Gasteiger partial charge >= 0.3 is 11.9 Å². The van der Waals surface area contributed by atoms with Gasteiger partial charge in [-0.1, -0.05) is 149 Å². The van der Waals surface area contributed by atoms with Crippen LogP contribution in [0.2, 0.25) is 0 Å². The Morgan fingerprint density at radius 2 is 0.944 bits per heavy atom. The molecule has 2 N–H and O–H groups in total. The van der Waals surface area contributed by atoms with Gasteiger partial charge in [0.1, 0.15) is 0 Å². The number of carboxylic acids is 2. The van der Waals surface area contributed by atoms with Crippen molar-refractivity contribution in [3.05, 3.63) is 0 Å². The summed E-state index contributed by atoms with van der Waals surface area (Å²) < 4.78 is 0. The molecule has 0 spiro atoms. The van der Waals surface area contributed by atoms with E-state index in [1.807, 2.05) is 0 Å². The Balaban J connectivity index is 4.51. The summed E-state index contributed by atoms with van der Waals surface area (Å²) in [6.45, 7) is 6.68. The molecule has 1 atom stereocenters. The summed E-state index contributed by atoms with van der Waals surface area (Å²) in [5, 5.41) is 19.2. The predicted octanol–water partition coefficient (Wildman–Crippen LogP) is 10.6. The van der Waals surface area contributed by atoms with E-state index in [4.69, 9.17) is 5.11 Å². The van der Waals surface area contributed by atoms with Crippen molar-refractivity contribution in [2.45, 2.75) is 181 Å². The van der Waals surface area contributed by atoms with Crippen LogP contribution in [0.3, 0.4) is 0 Å². The highest BCUT2D eigenvalue weighted by Gasteiger charge is 2.43. The standard InChI is InChI=1S/C32H62O4/c1-4-7-9-19-23-27-32(31(35)36,28-24-20-10-8-5-2)29(6-3)25-21-17-15-13-11-12-14-16-18-22-26-30(33)34/h29H,4-28H2,1-3H3,(H,33,34)(H,35,36). The van der Waals surface area contributed by atoms with Crippen molar-refractivity contribution in [1.29, 1.82) is 0 Å². The highest BCUT2D eigenvalue weighted by Crippen LogP contribution is 2.44. The van der Waals surface area contributed by atoms with Crippen LogP contribution in [0, 0.1) is 11.3 Å². The molecule has 0 aliphatic carbocycles. The minimum Gasteiger partial charge on any atom is -0.481 e. The van der Waals surface area contributed by atoms with E-state index in [0.29, 0.717) is 12.3 Å². The summed E-state index contributed by atoms with van der Waals surface area (Å²) in [6.07, 6.45) is 27.7. The molecule has 0 bridgehead atoms. The molecule has 0 saturated carbocycles. The Morgan fingerprint density at radius 3 is 1.33 bits per heavy atom. The van der Waals surface area contributed by atoms with Gasteiger partial charge in [0.2, 0.25) is 0 Å². The Labute approximate surface area is 224 Å². The third kappa shape index (κ3) is 17.4. The van der Waals surface area contributed by atoms with E-state index in [-0.39, 0.29) is 0 Å². The van der Waals surface area contributed by atoms with E-state index in [9.17, 15) is 14.7 Å². The number of aliphatic carboxylic acids is 2. The van der Waals surface area contributed by atoms with E-state index >= 15 is 0 Å². The predicted molar refractivity (Wildman–Crippen MR) is 154 cm³/mol. The monoisotopic (exact) mass is 510 g/mol. The molecular formula is C32H62O4. The summed E-state index contributed by atoms with van der Waals surface area (Å²) in [7, 11) is 0. The molecule has 0 saturated heterocycles. The lowest BCUT2D eigenvalue weighted by atomic mass is 9.65. The van der Waals surface area contributed by atoms with Gasteiger partial charge in [-0.3, -0.25) is 9.59 Å². The average Bonchev–Trinajstić information content (AvgIpc) is 2.85. The summed E-state index contributed by atoms with van der Waals surface area (Å²) in [6, 6.07) is 0. The molecule has 0 fully saturated rings. The Kier molecular flexibility index (Phi) is 23.6. The molecule has 36 heavy (non-hydrogen) atoms. The largest absolute Gasteiger partial charge is 0.481 e. The summed E-state index contributed by atoms with van der Waals surface area (Å²) in [4.78, 5) is 23.3. The van der Waals surface area contributed by atoms with Crippen molar-refractivity contribution >= 4 is 11.9 Å². The molecule has 4 heteroatoms. The first-order valence-corrected chi connectivity index (χ1v) is 15.9. The first-order chi connectivity index (χ1) is 17.4. The quantitative estimate of drug-likeness (QED) is 0.103. The molecule has 0 aromatic rings. The van der Waals surface area contributed by atoms with Gasteiger partial charge in [0.05, 0.1) is 5.41 Å². The van der Waals surface area contributed by atoms with Gasteiger partial charge in [-0.15, -0.1) is 0 Å². The van der Waals surface area contributed by atoms with Crippen molar-refractivity contribution < 1.29 is 19.8 Å². The smallest absolute Gasteiger partial charge is 0.309 e.